The molecule has 2 heteroatoms. The van der Waals surface area contributed by atoms with E-state index in [2.05, 4.69) is 18.7 Å². The van der Waals surface area contributed by atoms with Gasteiger partial charge in [0, 0.05) is 6.61 Å². The summed E-state index contributed by atoms with van der Waals surface area (Å²) in [5, 5.41) is 0. The van der Waals surface area contributed by atoms with Crippen molar-refractivity contribution in [3.8, 4) is 0 Å². The third-order valence-electron chi connectivity index (χ3n) is 3.01. The Morgan fingerprint density at radius 1 is 1.35 bits per heavy atom. The molecule has 2 nitrogen and oxygen atoms in total. The standard InChI is InChI=1S/C15H20O2/c1-2-8-14(13-9-4-3-5-10-13)17-15-11-6-7-12-16-15/h2-5,9-10,14-15H,1,6-8,11-12H2. The summed E-state index contributed by atoms with van der Waals surface area (Å²) in [6.07, 6.45) is 6.09. The zero-order valence-corrected chi connectivity index (χ0v) is 10.2. The number of hydrogen-bond acceptors (Lipinski definition) is 2. The molecular weight excluding hydrogens is 212 g/mol. The van der Waals surface area contributed by atoms with Crippen LogP contribution < -0.4 is 0 Å². The monoisotopic (exact) mass is 232 g/mol. The summed E-state index contributed by atoms with van der Waals surface area (Å²) < 4.78 is 11.6. The van der Waals surface area contributed by atoms with E-state index >= 15 is 0 Å². The van der Waals surface area contributed by atoms with Gasteiger partial charge in [0.25, 0.3) is 0 Å². The molecule has 1 saturated heterocycles. The van der Waals surface area contributed by atoms with E-state index in [1.807, 2.05) is 24.3 Å². The fourth-order valence-corrected chi connectivity index (χ4v) is 2.09. The van der Waals surface area contributed by atoms with Gasteiger partial charge < -0.3 is 9.47 Å². The molecule has 17 heavy (non-hydrogen) atoms. The van der Waals surface area contributed by atoms with Gasteiger partial charge in [0.1, 0.15) is 0 Å². The van der Waals surface area contributed by atoms with Gasteiger partial charge in [-0.05, 0) is 31.2 Å². The summed E-state index contributed by atoms with van der Waals surface area (Å²) in [4.78, 5) is 0. The fraction of sp³-hybridized carbons (Fsp3) is 0.467. The lowest BCUT2D eigenvalue weighted by molar-refractivity contribution is -0.189. The predicted molar refractivity (Wildman–Crippen MR) is 68.7 cm³/mol. The Hall–Kier alpha value is -1.12. The van der Waals surface area contributed by atoms with Crippen LogP contribution in [0.25, 0.3) is 0 Å². The van der Waals surface area contributed by atoms with E-state index in [-0.39, 0.29) is 12.4 Å². The smallest absolute Gasteiger partial charge is 0.158 e. The lowest BCUT2D eigenvalue weighted by Crippen LogP contribution is -2.24. The van der Waals surface area contributed by atoms with Crippen LogP contribution in [0.1, 0.15) is 37.4 Å². The van der Waals surface area contributed by atoms with E-state index in [0.717, 1.165) is 25.9 Å². The molecule has 0 spiro atoms. The van der Waals surface area contributed by atoms with Crippen molar-refractivity contribution in [1.82, 2.24) is 0 Å². The maximum atomic E-state index is 6.02. The maximum absolute atomic E-state index is 6.02. The first-order valence-corrected chi connectivity index (χ1v) is 6.33. The number of hydrogen-bond donors (Lipinski definition) is 0. The molecule has 1 aliphatic heterocycles. The van der Waals surface area contributed by atoms with Gasteiger partial charge in [-0.2, -0.15) is 0 Å². The molecule has 0 amide bonds. The van der Waals surface area contributed by atoms with Crippen LogP contribution in [0.5, 0.6) is 0 Å². The number of rotatable bonds is 5. The van der Waals surface area contributed by atoms with E-state index in [1.54, 1.807) is 0 Å². The Balaban J connectivity index is 1.99. The largest absolute Gasteiger partial charge is 0.353 e. The lowest BCUT2D eigenvalue weighted by Gasteiger charge is -2.27. The summed E-state index contributed by atoms with van der Waals surface area (Å²) in [7, 11) is 0. The quantitative estimate of drug-likeness (QED) is 0.718. The molecular formula is C15H20O2. The van der Waals surface area contributed by atoms with Gasteiger partial charge in [-0.1, -0.05) is 36.4 Å². The van der Waals surface area contributed by atoms with Crippen molar-refractivity contribution < 1.29 is 9.47 Å². The summed E-state index contributed by atoms with van der Waals surface area (Å²) in [5.41, 5.74) is 1.20. The molecule has 0 N–H and O–H groups in total. The summed E-state index contributed by atoms with van der Waals surface area (Å²) in [6, 6.07) is 10.3. The molecule has 2 rings (SSSR count). The SMILES string of the molecule is C=CCC(OC1CCCCO1)c1ccccc1. The summed E-state index contributed by atoms with van der Waals surface area (Å²) in [5.74, 6) is 0. The number of benzene rings is 1. The van der Waals surface area contributed by atoms with E-state index < -0.39 is 0 Å². The van der Waals surface area contributed by atoms with Gasteiger partial charge in [-0.3, -0.25) is 0 Å². The normalized spacial score (nSPS) is 22.0. The first-order valence-electron chi connectivity index (χ1n) is 6.33. The highest BCUT2D eigenvalue weighted by molar-refractivity contribution is 5.18. The molecule has 1 aromatic rings. The van der Waals surface area contributed by atoms with Crippen molar-refractivity contribution in [2.24, 2.45) is 0 Å². The van der Waals surface area contributed by atoms with E-state index in [0.29, 0.717) is 0 Å². The molecule has 2 unspecified atom stereocenters. The van der Waals surface area contributed by atoms with Gasteiger partial charge >= 0.3 is 0 Å². The van der Waals surface area contributed by atoms with Crippen molar-refractivity contribution in [2.75, 3.05) is 6.61 Å². The van der Waals surface area contributed by atoms with Gasteiger partial charge in [-0.15, -0.1) is 6.58 Å². The van der Waals surface area contributed by atoms with Gasteiger partial charge in [0.15, 0.2) is 6.29 Å². The van der Waals surface area contributed by atoms with E-state index in [4.69, 9.17) is 9.47 Å². The van der Waals surface area contributed by atoms with E-state index in [9.17, 15) is 0 Å². The first kappa shape index (κ1) is 12.3. The topological polar surface area (TPSA) is 18.5 Å². The summed E-state index contributed by atoms with van der Waals surface area (Å²) >= 11 is 0. The summed E-state index contributed by atoms with van der Waals surface area (Å²) in [6.45, 7) is 4.62. The van der Waals surface area contributed by atoms with Crippen molar-refractivity contribution in [3.63, 3.8) is 0 Å². The first-order chi connectivity index (χ1) is 8.40. The highest BCUT2D eigenvalue weighted by atomic mass is 16.7. The predicted octanol–water partition coefficient (Wildman–Crippen LogP) is 3.85. The second-order valence-electron chi connectivity index (χ2n) is 4.36. The minimum absolute atomic E-state index is 0.0473. The number of ether oxygens (including phenoxy) is 2. The Morgan fingerprint density at radius 3 is 2.82 bits per heavy atom. The molecule has 0 aromatic heterocycles. The Labute approximate surface area is 103 Å². The van der Waals surface area contributed by atoms with Crippen LogP contribution in [0.2, 0.25) is 0 Å². The molecule has 1 aliphatic rings. The van der Waals surface area contributed by atoms with Crippen LogP contribution in [-0.2, 0) is 9.47 Å². The van der Waals surface area contributed by atoms with E-state index in [1.165, 1.54) is 12.0 Å². The van der Waals surface area contributed by atoms with Crippen LogP contribution in [0.15, 0.2) is 43.0 Å². The molecule has 1 aromatic carbocycles. The third kappa shape index (κ3) is 3.69. The minimum atomic E-state index is -0.0473. The Morgan fingerprint density at radius 2 is 2.18 bits per heavy atom. The molecule has 1 heterocycles. The Bertz CT molecular complexity index is 328. The van der Waals surface area contributed by atoms with Gasteiger partial charge in [0.05, 0.1) is 6.10 Å². The van der Waals surface area contributed by atoms with Gasteiger partial charge in [0.2, 0.25) is 0 Å². The molecule has 0 saturated carbocycles. The lowest BCUT2D eigenvalue weighted by atomic mass is 10.1. The Kier molecular flexibility index (Phi) is 4.77. The van der Waals surface area contributed by atoms with Crippen LogP contribution in [0.4, 0.5) is 0 Å². The highest BCUT2D eigenvalue weighted by Crippen LogP contribution is 2.26. The fourth-order valence-electron chi connectivity index (χ4n) is 2.09. The minimum Gasteiger partial charge on any atom is -0.353 e. The molecule has 2 atom stereocenters. The van der Waals surface area contributed by atoms with Gasteiger partial charge in [-0.25, -0.2) is 0 Å². The van der Waals surface area contributed by atoms with Crippen LogP contribution in [-0.4, -0.2) is 12.9 Å². The van der Waals surface area contributed by atoms with Crippen molar-refractivity contribution in [1.29, 1.82) is 0 Å². The third-order valence-corrected chi connectivity index (χ3v) is 3.01. The molecule has 0 aliphatic carbocycles. The zero-order valence-electron chi connectivity index (χ0n) is 10.2. The molecule has 0 radical (unpaired) electrons. The average Bonchev–Trinajstić information content (AvgIpc) is 2.40. The van der Waals surface area contributed by atoms with Crippen LogP contribution >= 0.6 is 0 Å². The van der Waals surface area contributed by atoms with Crippen molar-refractivity contribution in [2.45, 2.75) is 38.1 Å². The maximum Gasteiger partial charge on any atom is 0.158 e. The van der Waals surface area contributed by atoms with Crippen LogP contribution in [0.3, 0.4) is 0 Å². The average molecular weight is 232 g/mol. The zero-order chi connectivity index (χ0) is 11.9. The van der Waals surface area contributed by atoms with Crippen molar-refractivity contribution >= 4 is 0 Å². The highest BCUT2D eigenvalue weighted by Gasteiger charge is 2.19. The molecule has 0 bridgehead atoms. The molecule has 1 fully saturated rings. The second-order valence-corrected chi connectivity index (χ2v) is 4.36. The van der Waals surface area contributed by atoms with Crippen molar-refractivity contribution in [3.05, 3.63) is 48.6 Å². The molecule has 92 valence electrons. The second kappa shape index (κ2) is 6.58. The van der Waals surface area contributed by atoms with Crippen LogP contribution in [0, 0.1) is 0 Å².